The van der Waals surface area contributed by atoms with Crippen LogP contribution in [0.5, 0.6) is 0 Å². The van der Waals surface area contributed by atoms with E-state index in [0.717, 1.165) is 0 Å². The van der Waals surface area contributed by atoms with Crippen molar-refractivity contribution in [1.82, 2.24) is 15.2 Å². The number of aromatic amines is 1. The fourth-order valence-electron chi connectivity index (χ4n) is 2.47. The van der Waals surface area contributed by atoms with E-state index in [-0.39, 0.29) is 30.7 Å². The summed E-state index contributed by atoms with van der Waals surface area (Å²) < 4.78 is 20.7. The summed E-state index contributed by atoms with van der Waals surface area (Å²) in [6.45, 7) is 5.08. The Bertz CT molecular complexity index is 923. The van der Waals surface area contributed by atoms with Crippen LogP contribution in [0.1, 0.15) is 44.9 Å². The lowest BCUT2D eigenvalue weighted by molar-refractivity contribution is 0.0431. The highest BCUT2D eigenvalue weighted by molar-refractivity contribution is 5.98. The number of hydrogen-bond donors (Lipinski definition) is 1. The Labute approximate surface area is 148 Å². The van der Waals surface area contributed by atoms with Crippen molar-refractivity contribution in [2.24, 2.45) is 0 Å². The molecule has 9 heteroatoms. The molecule has 0 atom stereocenters. The van der Waals surface area contributed by atoms with Crippen molar-refractivity contribution >= 4 is 11.9 Å². The molecular weight excluding hydrogens is 342 g/mol. The quantitative estimate of drug-likeness (QED) is 0.667. The first-order valence-corrected chi connectivity index (χ1v) is 7.91. The average Bonchev–Trinajstić information content (AvgIpc) is 3.32. The van der Waals surface area contributed by atoms with Gasteiger partial charge in [0.25, 0.3) is 11.8 Å². The van der Waals surface area contributed by atoms with Crippen LogP contribution < -0.4 is 0 Å². The second-order valence-electron chi connectivity index (χ2n) is 5.40. The Hall–Kier alpha value is -3.36. The van der Waals surface area contributed by atoms with E-state index < -0.39 is 11.9 Å². The first-order valence-electron chi connectivity index (χ1n) is 7.91. The van der Waals surface area contributed by atoms with Crippen LogP contribution in [0.15, 0.2) is 27.2 Å². The van der Waals surface area contributed by atoms with Crippen LogP contribution in [0.3, 0.4) is 0 Å². The van der Waals surface area contributed by atoms with Crippen LogP contribution >= 0.6 is 0 Å². The van der Waals surface area contributed by atoms with Crippen molar-refractivity contribution in [2.75, 3.05) is 6.61 Å². The Kier molecular flexibility index (Phi) is 4.87. The molecule has 3 aromatic heterocycles. The van der Waals surface area contributed by atoms with Gasteiger partial charge < -0.3 is 23.3 Å². The Morgan fingerprint density at radius 1 is 1.19 bits per heavy atom. The van der Waals surface area contributed by atoms with Crippen LogP contribution in [0, 0.1) is 13.8 Å². The second kappa shape index (κ2) is 7.26. The number of aryl methyl sites for hydroxylation is 1. The maximum atomic E-state index is 12.3. The van der Waals surface area contributed by atoms with E-state index >= 15 is 0 Å². The van der Waals surface area contributed by atoms with E-state index in [1.54, 1.807) is 32.9 Å². The fourth-order valence-corrected chi connectivity index (χ4v) is 2.47. The summed E-state index contributed by atoms with van der Waals surface area (Å²) >= 11 is 0. The molecule has 0 saturated heterocycles. The van der Waals surface area contributed by atoms with Crippen molar-refractivity contribution in [3.63, 3.8) is 0 Å². The molecule has 1 N–H and O–H groups in total. The molecule has 0 spiro atoms. The number of hydrogen-bond acceptors (Lipinski definition) is 8. The predicted molar refractivity (Wildman–Crippen MR) is 87.3 cm³/mol. The van der Waals surface area contributed by atoms with Gasteiger partial charge in [0.05, 0.1) is 18.4 Å². The van der Waals surface area contributed by atoms with Crippen LogP contribution in [-0.4, -0.2) is 33.7 Å². The Morgan fingerprint density at radius 3 is 2.69 bits per heavy atom. The minimum absolute atomic E-state index is 0.122. The maximum Gasteiger partial charge on any atom is 0.355 e. The van der Waals surface area contributed by atoms with Crippen LogP contribution in [0.4, 0.5) is 0 Å². The van der Waals surface area contributed by atoms with Gasteiger partial charge in [-0.3, -0.25) is 0 Å². The van der Waals surface area contributed by atoms with Crippen LogP contribution in [0.2, 0.25) is 0 Å². The summed E-state index contributed by atoms with van der Waals surface area (Å²) in [6, 6.07) is 3.36. The third-order valence-electron chi connectivity index (χ3n) is 3.65. The van der Waals surface area contributed by atoms with Crippen molar-refractivity contribution in [3.05, 3.63) is 46.8 Å². The van der Waals surface area contributed by atoms with Crippen LogP contribution in [-0.2, 0) is 16.1 Å². The van der Waals surface area contributed by atoms with Crippen molar-refractivity contribution in [2.45, 2.75) is 27.4 Å². The lowest BCUT2D eigenvalue weighted by Gasteiger charge is -2.03. The summed E-state index contributed by atoms with van der Waals surface area (Å²) in [5, 5.41) is 7.62. The first-order chi connectivity index (χ1) is 12.5. The predicted octanol–water partition coefficient (Wildman–Crippen LogP) is 2.81. The summed E-state index contributed by atoms with van der Waals surface area (Å²) in [7, 11) is 0. The van der Waals surface area contributed by atoms with Gasteiger partial charge in [-0.25, -0.2) is 9.59 Å². The number of ether oxygens (including phenoxy) is 2. The number of nitrogens with one attached hydrogen (secondary N) is 1. The van der Waals surface area contributed by atoms with E-state index in [4.69, 9.17) is 18.3 Å². The van der Waals surface area contributed by atoms with Crippen molar-refractivity contribution in [3.8, 4) is 11.7 Å². The van der Waals surface area contributed by atoms with Gasteiger partial charge in [-0.2, -0.15) is 0 Å². The van der Waals surface area contributed by atoms with Gasteiger partial charge in [-0.15, -0.1) is 10.2 Å². The summed E-state index contributed by atoms with van der Waals surface area (Å²) in [5.74, 6) is -0.393. The van der Waals surface area contributed by atoms with E-state index in [2.05, 4.69) is 15.2 Å². The molecule has 3 rings (SSSR count). The molecule has 0 bridgehead atoms. The summed E-state index contributed by atoms with van der Waals surface area (Å²) in [6.07, 6.45) is 1.48. The number of aromatic nitrogens is 3. The van der Waals surface area contributed by atoms with Gasteiger partial charge in [0.15, 0.2) is 12.4 Å². The number of rotatable bonds is 6. The Morgan fingerprint density at radius 2 is 2.00 bits per heavy atom. The highest BCUT2D eigenvalue weighted by atomic mass is 16.5. The number of esters is 2. The fraction of sp³-hybridized carbons (Fsp3) is 0.294. The molecule has 0 amide bonds. The third kappa shape index (κ3) is 3.37. The number of carbonyl (C=O) groups excluding carboxylic acids is 2. The molecule has 0 fully saturated rings. The minimum atomic E-state index is -0.640. The highest BCUT2D eigenvalue weighted by Crippen LogP contribution is 2.21. The lowest BCUT2D eigenvalue weighted by atomic mass is 10.1. The van der Waals surface area contributed by atoms with E-state index in [9.17, 15) is 9.59 Å². The standard InChI is InChI=1S/C17H17N3O6/c1-4-23-16(21)13-9(2)14(18-10(13)3)17(22)25-8-12-19-20-15(26-12)11-6-5-7-24-11/h5-7,18H,4,8H2,1-3H3. The molecule has 136 valence electrons. The first kappa shape index (κ1) is 17.5. The molecule has 3 aromatic rings. The summed E-state index contributed by atoms with van der Waals surface area (Å²) in [4.78, 5) is 27.1. The molecule has 0 radical (unpaired) electrons. The average molecular weight is 359 g/mol. The highest BCUT2D eigenvalue weighted by Gasteiger charge is 2.24. The van der Waals surface area contributed by atoms with E-state index in [1.807, 2.05) is 0 Å². The SMILES string of the molecule is CCOC(=O)c1c(C)[nH]c(C(=O)OCc2nnc(-c3ccco3)o2)c1C. The second-order valence-corrected chi connectivity index (χ2v) is 5.40. The third-order valence-corrected chi connectivity index (χ3v) is 3.65. The zero-order chi connectivity index (χ0) is 18.7. The van der Waals surface area contributed by atoms with Gasteiger partial charge in [0.2, 0.25) is 0 Å². The number of furan rings is 1. The van der Waals surface area contributed by atoms with Crippen molar-refractivity contribution < 1.29 is 27.9 Å². The molecule has 0 aliphatic heterocycles. The monoisotopic (exact) mass is 359 g/mol. The summed E-state index contributed by atoms with van der Waals surface area (Å²) in [5.41, 5.74) is 1.51. The van der Waals surface area contributed by atoms with Crippen molar-refractivity contribution in [1.29, 1.82) is 0 Å². The number of H-pyrrole nitrogens is 1. The smallest absolute Gasteiger partial charge is 0.355 e. The van der Waals surface area contributed by atoms with Gasteiger partial charge in [0.1, 0.15) is 5.69 Å². The topological polar surface area (TPSA) is 120 Å². The largest absolute Gasteiger partial charge is 0.462 e. The van der Waals surface area contributed by atoms with Gasteiger partial charge in [-0.05, 0) is 38.5 Å². The molecule has 26 heavy (non-hydrogen) atoms. The molecule has 0 saturated carbocycles. The lowest BCUT2D eigenvalue weighted by Crippen LogP contribution is -2.09. The van der Waals surface area contributed by atoms with Gasteiger partial charge >= 0.3 is 11.9 Å². The van der Waals surface area contributed by atoms with Gasteiger partial charge in [-0.1, -0.05) is 0 Å². The zero-order valence-electron chi connectivity index (χ0n) is 14.5. The molecule has 0 unspecified atom stereocenters. The molecule has 3 heterocycles. The zero-order valence-corrected chi connectivity index (χ0v) is 14.5. The molecule has 0 aliphatic carbocycles. The van der Waals surface area contributed by atoms with Gasteiger partial charge in [0, 0.05) is 5.69 Å². The normalized spacial score (nSPS) is 10.7. The number of carbonyl (C=O) groups is 2. The molecule has 9 nitrogen and oxygen atoms in total. The van der Waals surface area contributed by atoms with E-state index in [1.165, 1.54) is 6.26 Å². The molecular formula is C17H17N3O6. The molecule has 0 aromatic carbocycles. The maximum absolute atomic E-state index is 12.3. The van der Waals surface area contributed by atoms with Crippen LogP contribution in [0.25, 0.3) is 11.7 Å². The Balaban J connectivity index is 1.69. The minimum Gasteiger partial charge on any atom is -0.462 e. The molecule has 0 aliphatic rings. The number of nitrogens with zero attached hydrogens (tertiary/aromatic N) is 2. The van der Waals surface area contributed by atoms with E-state index in [0.29, 0.717) is 22.6 Å².